The largest absolute Gasteiger partial charge is 0.507 e. The number of hydrogen-bond donors (Lipinski definition) is 2. The van der Waals surface area contributed by atoms with Gasteiger partial charge in [-0.25, -0.2) is 5.43 Å². The molecule has 0 bridgehead atoms. The molecule has 3 rings (SSSR count). The Morgan fingerprint density at radius 3 is 2.33 bits per heavy atom. The first-order valence-electron chi connectivity index (χ1n) is 7.37. The monoisotopic (exact) mass is 338 g/mol. The molecule has 0 aliphatic carbocycles. The molecule has 0 radical (unpaired) electrons. The molecular formula is C19H15ClN2O2. The van der Waals surface area contributed by atoms with Crippen LogP contribution in [0.25, 0.3) is 10.8 Å². The zero-order chi connectivity index (χ0) is 17.1. The summed E-state index contributed by atoms with van der Waals surface area (Å²) in [5.74, 6) is -0.544. The summed E-state index contributed by atoms with van der Waals surface area (Å²) in [4.78, 5) is 12.3. The summed E-state index contributed by atoms with van der Waals surface area (Å²) in [6.07, 6.45) is 0. The van der Waals surface area contributed by atoms with E-state index in [0.29, 0.717) is 10.7 Å². The normalized spacial score (nSPS) is 11.5. The van der Waals surface area contributed by atoms with E-state index in [1.807, 2.05) is 36.4 Å². The average Bonchev–Trinajstić information content (AvgIpc) is 2.59. The van der Waals surface area contributed by atoms with E-state index in [1.54, 1.807) is 31.2 Å². The van der Waals surface area contributed by atoms with Crippen molar-refractivity contribution in [2.75, 3.05) is 0 Å². The zero-order valence-electron chi connectivity index (χ0n) is 13.0. The Balaban J connectivity index is 1.83. The number of aromatic hydroxyl groups is 1. The number of nitrogens with zero attached hydrogens (tertiary/aromatic N) is 1. The molecule has 0 aromatic heterocycles. The van der Waals surface area contributed by atoms with E-state index in [9.17, 15) is 9.90 Å². The number of benzene rings is 3. The highest BCUT2D eigenvalue weighted by Crippen LogP contribution is 2.24. The van der Waals surface area contributed by atoms with E-state index in [1.165, 1.54) is 0 Å². The van der Waals surface area contributed by atoms with Crippen molar-refractivity contribution in [2.45, 2.75) is 6.92 Å². The Morgan fingerprint density at radius 2 is 1.67 bits per heavy atom. The van der Waals surface area contributed by atoms with Crippen LogP contribution in [0.5, 0.6) is 5.75 Å². The molecule has 0 saturated heterocycles. The van der Waals surface area contributed by atoms with Crippen molar-refractivity contribution in [3.05, 3.63) is 76.8 Å². The molecule has 5 heteroatoms. The molecule has 24 heavy (non-hydrogen) atoms. The van der Waals surface area contributed by atoms with E-state index in [4.69, 9.17) is 11.6 Å². The van der Waals surface area contributed by atoms with Crippen LogP contribution in [0.3, 0.4) is 0 Å². The van der Waals surface area contributed by atoms with E-state index in [-0.39, 0.29) is 11.3 Å². The van der Waals surface area contributed by atoms with Crippen molar-refractivity contribution in [1.29, 1.82) is 0 Å². The number of amides is 1. The van der Waals surface area contributed by atoms with Gasteiger partial charge in [-0.15, -0.1) is 0 Å². The van der Waals surface area contributed by atoms with Crippen LogP contribution in [0.2, 0.25) is 5.02 Å². The van der Waals surface area contributed by atoms with Gasteiger partial charge in [0.05, 0.1) is 11.3 Å². The number of nitrogens with one attached hydrogen (secondary N) is 1. The molecule has 120 valence electrons. The van der Waals surface area contributed by atoms with Crippen molar-refractivity contribution in [2.24, 2.45) is 5.10 Å². The second-order valence-corrected chi connectivity index (χ2v) is 5.80. The number of carbonyl (C=O) groups excluding carboxylic acids is 1. The number of carbonyl (C=O) groups is 1. The van der Waals surface area contributed by atoms with Crippen LogP contribution in [-0.4, -0.2) is 16.7 Å². The van der Waals surface area contributed by atoms with E-state index in [0.717, 1.165) is 16.3 Å². The van der Waals surface area contributed by atoms with Gasteiger partial charge in [0.25, 0.3) is 5.91 Å². The van der Waals surface area contributed by atoms with Crippen molar-refractivity contribution in [1.82, 2.24) is 5.43 Å². The van der Waals surface area contributed by atoms with Crippen molar-refractivity contribution >= 4 is 34.0 Å². The molecule has 2 N–H and O–H groups in total. The molecule has 3 aromatic rings. The van der Waals surface area contributed by atoms with E-state index in [2.05, 4.69) is 10.5 Å². The fourth-order valence-electron chi connectivity index (χ4n) is 2.36. The molecular weight excluding hydrogens is 324 g/mol. The summed E-state index contributed by atoms with van der Waals surface area (Å²) >= 11 is 5.85. The van der Waals surface area contributed by atoms with Gasteiger partial charge >= 0.3 is 0 Å². The summed E-state index contributed by atoms with van der Waals surface area (Å²) in [5.41, 5.74) is 4.14. The summed E-state index contributed by atoms with van der Waals surface area (Å²) in [6, 6.07) is 17.9. The maximum atomic E-state index is 12.3. The Bertz CT molecular complexity index is 934. The van der Waals surface area contributed by atoms with Gasteiger partial charge in [0, 0.05) is 5.02 Å². The smallest absolute Gasteiger partial charge is 0.275 e. The fraction of sp³-hybridized carbons (Fsp3) is 0.0526. The fourth-order valence-corrected chi connectivity index (χ4v) is 2.49. The minimum absolute atomic E-state index is 0.0782. The van der Waals surface area contributed by atoms with Gasteiger partial charge < -0.3 is 5.11 Å². The second-order valence-electron chi connectivity index (χ2n) is 5.36. The first kappa shape index (κ1) is 16.0. The second kappa shape index (κ2) is 6.72. The number of halogens is 1. The zero-order valence-corrected chi connectivity index (χ0v) is 13.7. The molecule has 3 aromatic carbocycles. The van der Waals surface area contributed by atoms with Crippen LogP contribution in [0, 0.1) is 0 Å². The molecule has 0 aliphatic heterocycles. The third-order valence-corrected chi connectivity index (χ3v) is 3.95. The lowest BCUT2D eigenvalue weighted by Crippen LogP contribution is -2.19. The molecule has 0 heterocycles. The van der Waals surface area contributed by atoms with Crippen LogP contribution in [0.1, 0.15) is 22.8 Å². The third kappa shape index (κ3) is 3.39. The van der Waals surface area contributed by atoms with E-state index >= 15 is 0 Å². The highest BCUT2D eigenvalue weighted by Gasteiger charge is 2.12. The highest BCUT2D eigenvalue weighted by molar-refractivity contribution is 6.30. The summed E-state index contributed by atoms with van der Waals surface area (Å²) < 4.78 is 0. The summed E-state index contributed by atoms with van der Waals surface area (Å²) in [6.45, 7) is 1.78. The standard InChI is InChI=1S/C19H15ClN2O2/c1-12(13-6-8-16(20)9-7-13)21-22-19(24)17-10-14-4-2-3-5-15(14)11-18(17)23/h2-11,23H,1H3,(H,22,24)/b21-12+. The van der Waals surface area contributed by atoms with Crippen LogP contribution < -0.4 is 5.43 Å². The predicted octanol–water partition coefficient (Wildman–Crippen LogP) is 4.35. The van der Waals surface area contributed by atoms with Crippen LogP contribution in [0.15, 0.2) is 65.8 Å². The van der Waals surface area contributed by atoms with Gasteiger partial charge in [0.1, 0.15) is 5.75 Å². The number of phenols is 1. The minimum Gasteiger partial charge on any atom is -0.507 e. The Labute approximate surface area is 144 Å². The van der Waals surface area contributed by atoms with Crippen molar-refractivity contribution < 1.29 is 9.90 Å². The number of hydrogen-bond acceptors (Lipinski definition) is 3. The number of phenolic OH excluding ortho intramolecular Hbond substituents is 1. The van der Waals surface area contributed by atoms with Gasteiger partial charge in [-0.2, -0.15) is 5.10 Å². The first-order valence-corrected chi connectivity index (χ1v) is 7.75. The van der Waals surface area contributed by atoms with Gasteiger partial charge in [0.2, 0.25) is 0 Å². The topological polar surface area (TPSA) is 61.7 Å². The Morgan fingerprint density at radius 1 is 1.04 bits per heavy atom. The summed E-state index contributed by atoms with van der Waals surface area (Å²) in [7, 11) is 0. The van der Waals surface area contributed by atoms with Gasteiger partial charge in [-0.1, -0.05) is 48.0 Å². The summed E-state index contributed by atoms with van der Waals surface area (Å²) in [5, 5.41) is 16.5. The molecule has 1 amide bonds. The lowest BCUT2D eigenvalue weighted by atomic mass is 10.1. The Kier molecular flexibility index (Phi) is 4.49. The minimum atomic E-state index is -0.466. The lowest BCUT2D eigenvalue weighted by Gasteiger charge is -2.07. The van der Waals surface area contributed by atoms with Gasteiger partial charge in [-0.3, -0.25) is 4.79 Å². The number of hydrazone groups is 1. The number of rotatable bonds is 3. The first-order chi connectivity index (χ1) is 11.5. The quantitative estimate of drug-likeness (QED) is 0.551. The highest BCUT2D eigenvalue weighted by atomic mass is 35.5. The molecule has 0 fully saturated rings. The van der Waals surface area contributed by atoms with Crippen LogP contribution in [0.4, 0.5) is 0 Å². The SMILES string of the molecule is C/C(=N\NC(=O)c1cc2ccccc2cc1O)c1ccc(Cl)cc1. The average molecular weight is 339 g/mol. The van der Waals surface area contributed by atoms with Crippen molar-refractivity contribution in [3.63, 3.8) is 0 Å². The lowest BCUT2D eigenvalue weighted by molar-refractivity contribution is 0.0952. The Hall–Kier alpha value is -2.85. The number of fused-ring (bicyclic) bond motifs is 1. The van der Waals surface area contributed by atoms with Gasteiger partial charge in [0.15, 0.2) is 0 Å². The predicted molar refractivity (Wildman–Crippen MR) is 96.7 cm³/mol. The maximum Gasteiger partial charge on any atom is 0.275 e. The van der Waals surface area contributed by atoms with E-state index < -0.39 is 5.91 Å². The van der Waals surface area contributed by atoms with Gasteiger partial charge in [-0.05, 0) is 47.5 Å². The molecule has 0 spiro atoms. The molecule has 0 saturated carbocycles. The molecule has 4 nitrogen and oxygen atoms in total. The van der Waals surface area contributed by atoms with Crippen LogP contribution in [-0.2, 0) is 0 Å². The molecule has 0 unspecified atom stereocenters. The molecule has 0 atom stereocenters. The maximum absolute atomic E-state index is 12.3. The molecule has 0 aliphatic rings. The third-order valence-electron chi connectivity index (χ3n) is 3.70. The van der Waals surface area contributed by atoms with Crippen LogP contribution >= 0.6 is 11.6 Å². The van der Waals surface area contributed by atoms with Crippen molar-refractivity contribution in [3.8, 4) is 5.75 Å².